The van der Waals surface area contributed by atoms with Gasteiger partial charge in [0, 0.05) is 35.6 Å². The number of thioether (sulfide) groups is 1. The Morgan fingerprint density at radius 3 is 2.48 bits per heavy atom. The number of carbonyl (C=O) groups excluding carboxylic acids is 2. The molecule has 2 aromatic carbocycles. The van der Waals surface area contributed by atoms with Crippen LogP contribution in [0.3, 0.4) is 0 Å². The Morgan fingerprint density at radius 2 is 1.76 bits per heavy atom. The Labute approximate surface area is 195 Å². The zero-order valence-corrected chi connectivity index (χ0v) is 18.8. The van der Waals surface area contributed by atoms with Crippen molar-refractivity contribution >= 4 is 34.5 Å². The molecule has 2 amide bonds. The van der Waals surface area contributed by atoms with Crippen LogP contribution in [-0.2, 0) is 9.59 Å². The van der Waals surface area contributed by atoms with E-state index in [1.165, 1.54) is 11.8 Å². The highest BCUT2D eigenvalue weighted by atomic mass is 32.2. The van der Waals surface area contributed by atoms with Crippen LogP contribution in [0.1, 0.15) is 12.8 Å². The number of aromatic amines is 1. The van der Waals surface area contributed by atoms with Gasteiger partial charge in [-0.15, -0.1) is 10.2 Å². The van der Waals surface area contributed by atoms with Gasteiger partial charge in [0.05, 0.1) is 11.4 Å². The van der Waals surface area contributed by atoms with E-state index in [4.69, 9.17) is 5.73 Å². The summed E-state index contributed by atoms with van der Waals surface area (Å²) in [5, 5.41) is 10.6. The normalized spacial score (nSPS) is 14.6. The fraction of sp³-hybridized carbons (Fsp3) is 0.250. The lowest BCUT2D eigenvalue weighted by atomic mass is 9.96. The van der Waals surface area contributed by atoms with Crippen molar-refractivity contribution in [3.63, 3.8) is 0 Å². The molecule has 168 valence electrons. The third kappa shape index (κ3) is 4.36. The zero-order chi connectivity index (χ0) is 22.8. The maximum Gasteiger partial charge on any atom is 0.233 e. The summed E-state index contributed by atoms with van der Waals surface area (Å²) in [5.41, 5.74) is 8.21. The van der Waals surface area contributed by atoms with Crippen LogP contribution < -0.4 is 5.73 Å². The van der Waals surface area contributed by atoms with Crippen molar-refractivity contribution in [1.82, 2.24) is 24.6 Å². The average molecular weight is 461 g/mol. The molecule has 8 nitrogen and oxygen atoms in total. The molecule has 2 aromatic heterocycles. The number of para-hydroxylation sites is 2. The number of nitrogens with one attached hydrogen (secondary N) is 1. The molecule has 1 saturated heterocycles. The highest BCUT2D eigenvalue weighted by Crippen LogP contribution is 2.30. The Bertz CT molecular complexity index is 1260. The average Bonchev–Trinajstić information content (AvgIpc) is 3.47. The molecule has 3 N–H and O–H groups in total. The molecule has 1 aliphatic heterocycles. The molecule has 0 aliphatic carbocycles. The number of amides is 2. The smallest absolute Gasteiger partial charge is 0.233 e. The van der Waals surface area contributed by atoms with Crippen LogP contribution in [0.5, 0.6) is 0 Å². The minimum atomic E-state index is -0.281. The predicted molar refractivity (Wildman–Crippen MR) is 128 cm³/mol. The number of hydrogen-bond donors (Lipinski definition) is 2. The molecule has 1 fully saturated rings. The summed E-state index contributed by atoms with van der Waals surface area (Å²) in [6.07, 6.45) is 1.24. The Kier molecular flexibility index (Phi) is 5.87. The first kappa shape index (κ1) is 21.3. The number of likely N-dealkylation sites (tertiary alicyclic amines) is 1. The van der Waals surface area contributed by atoms with Gasteiger partial charge in [0.1, 0.15) is 0 Å². The van der Waals surface area contributed by atoms with Crippen molar-refractivity contribution in [3.8, 4) is 17.2 Å². The first-order valence-electron chi connectivity index (χ1n) is 10.9. The quantitative estimate of drug-likeness (QED) is 0.429. The van der Waals surface area contributed by atoms with E-state index in [0.29, 0.717) is 36.9 Å². The van der Waals surface area contributed by atoms with E-state index in [-0.39, 0.29) is 23.5 Å². The first-order valence-corrected chi connectivity index (χ1v) is 11.9. The van der Waals surface area contributed by atoms with E-state index in [1.807, 2.05) is 59.2 Å². The number of carbonyl (C=O) groups is 2. The minimum Gasteiger partial charge on any atom is -0.369 e. The monoisotopic (exact) mass is 460 g/mol. The Hall–Kier alpha value is -3.59. The predicted octanol–water partition coefficient (Wildman–Crippen LogP) is 3.23. The lowest BCUT2D eigenvalue weighted by Crippen LogP contribution is -2.42. The van der Waals surface area contributed by atoms with Crippen molar-refractivity contribution in [2.75, 3.05) is 18.8 Å². The standard InChI is InChI=1S/C24H24N6O2S/c25-22(32)16-10-12-29(13-11-16)21(31)15-33-24-28-27-23(30(24)18-7-2-1-3-8-18)20-14-17-6-4-5-9-19(17)26-20/h1-9,14,16,26H,10-13,15H2,(H2,25,32). The van der Waals surface area contributed by atoms with Crippen LogP contribution in [-0.4, -0.2) is 55.3 Å². The van der Waals surface area contributed by atoms with Gasteiger partial charge in [0.2, 0.25) is 11.8 Å². The number of benzene rings is 2. The molecule has 4 aromatic rings. The number of H-pyrrole nitrogens is 1. The Balaban J connectivity index is 1.39. The van der Waals surface area contributed by atoms with Gasteiger partial charge in [-0.25, -0.2) is 0 Å². The third-order valence-electron chi connectivity index (χ3n) is 5.99. The number of piperidine rings is 1. The van der Waals surface area contributed by atoms with Gasteiger partial charge < -0.3 is 15.6 Å². The van der Waals surface area contributed by atoms with E-state index < -0.39 is 0 Å². The molecule has 9 heteroatoms. The Morgan fingerprint density at radius 1 is 1.03 bits per heavy atom. The van der Waals surface area contributed by atoms with Crippen molar-refractivity contribution in [2.45, 2.75) is 18.0 Å². The lowest BCUT2D eigenvalue weighted by Gasteiger charge is -2.30. The van der Waals surface area contributed by atoms with Crippen molar-refractivity contribution in [2.24, 2.45) is 11.7 Å². The van der Waals surface area contributed by atoms with E-state index in [9.17, 15) is 9.59 Å². The molecule has 1 aliphatic rings. The van der Waals surface area contributed by atoms with Crippen LogP contribution in [0.2, 0.25) is 0 Å². The van der Waals surface area contributed by atoms with Crippen LogP contribution in [0.25, 0.3) is 28.1 Å². The molecule has 5 rings (SSSR count). The van der Waals surface area contributed by atoms with Crippen LogP contribution in [0, 0.1) is 5.92 Å². The van der Waals surface area contributed by atoms with Gasteiger partial charge in [-0.05, 0) is 37.1 Å². The fourth-order valence-corrected chi connectivity index (χ4v) is 5.03. The number of fused-ring (bicyclic) bond motifs is 1. The molecule has 0 atom stereocenters. The highest BCUT2D eigenvalue weighted by molar-refractivity contribution is 7.99. The van der Waals surface area contributed by atoms with E-state index in [0.717, 1.165) is 22.3 Å². The largest absolute Gasteiger partial charge is 0.369 e. The highest BCUT2D eigenvalue weighted by Gasteiger charge is 2.26. The van der Waals surface area contributed by atoms with Gasteiger partial charge in [-0.1, -0.05) is 48.2 Å². The second kappa shape index (κ2) is 9.11. The van der Waals surface area contributed by atoms with Crippen molar-refractivity contribution in [3.05, 3.63) is 60.7 Å². The van der Waals surface area contributed by atoms with Gasteiger partial charge >= 0.3 is 0 Å². The van der Waals surface area contributed by atoms with Gasteiger partial charge in [-0.2, -0.15) is 0 Å². The van der Waals surface area contributed by atoms with Crippen molar-refractivity contribution in [1.29, 1.82) is 0 Å². The fourth-order valence-electron chi connectivity index (χ4n) is 4.17. The van der Waals surface area contributed by atoms with E-state index >= 15 is 0 Å². The molecule has 0 unspecified atom stereocenters. The SMILES string of the molecule is NC(=O)C1CCN(C(=O)CSc2nnc(-c3cc4ccccc4[nH]3)n2-c2ccccc2)CC1. The number of hydrogen-bond acceptors (Lipinski definition) is 5. The summed E-state index contributed by atoms with van der Waals surface area (Å²) in [6, 6.07) is 20.0. The summed E-state index contributed by atoms with van der Waals surface area (Å²) in [7, 11) is 0. The topological polar surface area (TPSA) is 110 Å². The lowest BCUT2D eigenvalue weighted by molar-refractivity contribution is -0.132. The molecule has 33 heavy (non-hydrogen) atoms. The zero-order valence-electron chi connectivity index (χ0n) is 18.0. The summed E-state index contributed by atoms with van der Waals surface area (Å²) < 4.78 is 1.97. The summed E-state index contributed by atoms with van der Waals surface area (Å²) in [6.45, 7) is 1.11. The van der Waals surface area contributed by atoms with Crippen LogP contribution in [0.15, 0.2) is 65.8 Å². The molecule has 0 saturated carbocycles. The molecular weight excluding hydrogens is 436 g/mol. The molecular formula is C24H24N6O2S. The van der Waals surface area contributed by atoms with Gasteiger partial charge in [0.15, 0.2) is 11.0 Å². The first-order chi connectivity index (χ1) is 16.1. The van der Waals surface area contributed by atoms with Crippen LogP contribution in [0.4, 0.5) is 0 Å². The second-order valence-electron chi connectivity index (χ2n) is 8.09. The molecule has 0 bridgehead atoms. The number of primary amides is 1. The van der Waals surface area contributed by atoms with Gasteiger partial charge in [-0.3, -0.25) is 14.2 Å². The van der Waals surface area contributed by atoms with E-state index in [2.05, 4.69) is 21.2 Å². The summed E-state index contributed by atoms with van der Waals surface area (Å²) in [4.78, 5) is 29.4. The minimum absolute atomic E-state index is 0.0256. The van der Waals surface area contributed by atoms with Crippen molar-refractivity contribution < 1.29 is 9.59 Å². The number of nitrogens with two attached hydrogens (primary N) is 1. The number of nitrogens with zero attached hydrogens (tertiary/aromatic N) is 4. The maximum atomic E-state index is 12.8. The molecule has 0 spiro atoms. The molecule has 3 heterocycles. The number of aromatic nitrogens is 4. The summed E-state index contributed by atoms with van der Waals surface area (Å²) in [5.74, 6) is 0.546. The van der Waals surface area contributed by atoms with Gasteiger partial charge in [0.25, 0.3) is 0 Å². The van der Waals surface area contributed by atoms with E-state index in [1.54, 1.807) is 4.90 Å². The maximum absolute atomic E-state index is 12.8. The third-order valence-corrected chi connectivity index (χ3v) is 6.91. The van der Waals surface area contributed by atoms with Crippen LogP contribution >= 0.6 is 11.8 Å². The second-order valence-corrected chi connectivity index (χ2v) is 9.04. The summed E-state index contributed by atoms with van der Waals surface area (Å²) >= 11 is 1.37. The molecule has 0 radical (unpaired) electrons. The number of rotatable bonds is 6.